The van der Waals surface area contributed by atoms with E-state index in [1.54, 1.807) is 0 Å². The van der Waals surface area contributed by atoms with E-state index in [1.165, 1.54) is 11.1 Å². The Kier molecular flexibility index (Phi) is 3.30. The number of amides is 1. The van der Waals surface area contributed by atoms with Crippen molar-refractivity contribution in [2.75, 3.05) is 26.3 Å². The van der Waals surface area contributed by atoms with Gasteiger partial charge < -0.3 is 19.1 Å². The van der Waals surface area contributed by atoms with E-state index in [1.807, 2.05) is 0 Å². The van der Waals surface area contributed by atoms with Gasteiger partial charge in [-0.1, -0.05) is 24.3 Å². The van der Waals surface area contributed by atoms with Crippen LogP contribution in [0.3, 0.4) is 0 Å². The minimum Gasteiger partial charge on any atom is -0.448 e. The maximum absolute atomic E-state index is 12.7. The first-order valence-corrected chi connectivity index (χ1v) is 10.0. The minimum absolute atomic E-state index is 0.0883. The largest absolute Gasteiger partial charge is 0.448 e. The third-order valence-corrected chi connectivity index (χ3v) is 7.24. The average Bonchev–Trinajstić information content (AvgIpc) is 3.42. The monoisotopic (exact) mass is 368 g/mol. The molecule has 1 amide bonds. The highest BCUT2D eigenvalue weighted by atomic mass is 16.5. The highest BCUT2D eigenvalue weighted by Gasteiger charge is 2.58. The van der Waals surface area contributed by atoms with Gasteiger partial charge in [0, 0.05) is 39.1 Å². The summed E-state index contributed by atoms with van der Waals surface area (Å²) in [7, 11) is 0. The van der Waals surface area contributed by atoms with Crippen molar-refractivity contribution < 1.29 is 19.0 Å². The second-order valence-corrected chi connectivity index (χ2v) is 8.69. The molecular formula is C21H24N2O4. The van der Waals surface area contributed by atoms with Crippen molar-refractivity contribution >= 4 is 11.9 Å². The van der Waals surface area contributed by atoms with Gasteiger partial charge in [-0.3, -0.25) is 4.79 Å². The number of aliphatic imine (C=N–C) groups is 1. The van der Waals surface area contributed by atoms with E-state index >= 15 is 0 Å². The second kappa shape index (κ2) is 5.55. The Morgan fingerprint density at radius 2 is 1.78 bits per heavy atom. The van der Waals surface area contributed by atoms with Crippen molar-refractivity contribution in [3.8, 4) is 0 Å². The van der Waals surface area contributed by atoms with Gasteiger partial charge >= 0.3 is 0 Å². The Bertz CT molecular complexity index is 815. The lowest BCUT2D eigenvalue weighted by Crippen LogP contribution is -2.46. The average molecular weight is 368 g/mol. The van der Waals surface area contributed by atoms with Crippen LogP contribution in [0.1, 0.15) is 36.8 Å². The maximum Gasteiger partial charge on any atom is 0.296 e. The molecule has 2 spiro atoms. The van der Waals surface area contributed by atoms with E-state index in [2.05, 4.69) is 34.2 Å². The van der Waals surface area contributed by atoms with Gasteiger partial charge in [0.2, 0.25) is 0 Å². The first kappa shape index (κ1) is 16.1. The van der Waals surface area contributed by atoms with Gasteiger partial charge in [0.1, 0.15) is 0 Å². The van der Waals surface area contributed by atoms with E-state index in [9.17, 15) is 4.79 Å². The molecule has 5 aliphatic rings. The van der Waals surface area contributed by atoms with Crippen LogP contribution in [0.4, 0.5) is 0 Å². The summed E-state index contributed by atoms with van der Waals surface area (Å²) >= 11 is 0. The number of likely N-dealkylation sites (tertiary alicyclic amines) is 1. The number of fused-ring (bicyclic) bond motifs is 3. The van der Waals surface area contributed by atoms with Crippen LogP contribution >= 0.6 is 0 Å². The van der Waals surface area contributed by atoms with Crippen molar-refractivity contribution in [1.82, 2.24) is 4.90 Å². The van der Waals surface area contributed by atoms with Gasteiger partial charge in [0.25, 0.3) is 11.9 Å². The number of hydrogen-bond donors (Lipinski definition) is 0. The molecule has 1 aromatic carbocycles. The van der Waals surface area contributed by atoms with Gasteiger partial charge in [-0.15, -0.1) is 0 Å². The molecule has 0 radical (unpaired) electrons. The Balaban J connectivity index is 1.17. The van der Waals surface area contributed by atoms with Crippen LogP contribution in [-0.4, -0.2) is 48.7 Å². The van der Waals surface area contributed by atoms with Crippen LogP contribution in [0, 0.1) is 11.8 Å². The summed E-state index contributed by atoms with van der Waals surface area (Å²) in [4.78, 5) is 19.2. The SMILES string of the molecule is O=C1N=C(N2CCC3(CC2)OCc2ccccc23)OC12CC1COCC1C2. The molecule has 6 rings (SSSR count). The van der Waals surface area contributed by atoms with Crippen LogP contribution in [0.15, 0.2) is 29.3 Å². The number of nitrogens with zero attached hydrogens (tertiary/aromatic N) is 2. The van der Waals surface area contributed by atoms with E-state index in [-0.39, 0.29) is 11.5 Å². The van der Waals surface area contributed by atoms with Crippen molar-refractivity contribution in [2.24, 2.45) is 16.8 Å². The lowest BCUT2D eigenvalue weighted by molar-refractivity contribution is -0.131. The number of hydrogen-bond acceptors (Lipinski definition) is 5. The number of piperidine rings is 1. The summed E-state index contributed by atoms with van der Waals surface area (Å²) in [5, 5.41) is 0. The van der Waals surface area contributed by atoms with Gasteiger partial charge in [0.05, 0.1) is 12.2 Å². The molecule has 142 valence electrons. The highest BCUT2D eigenvalue weighted by molar-refractivity contribution is 6.01. The molecular weight excluding hydrogens is 344 g/mol. The predicted octanol–water partition coefficient (Wildman–Crippen LogP) is 2.22. The minimum atomic E-state index is -0.722. The molecule has 4 aliphatic heterocycles. The Hall–Kier alpha value is -1.92. The summed E-state index contributed by atoms with van der Waals surface area (Å²) in [5.41, 5.74) is 1.72. The number of rotatable bonds is 0. The third kappa shape index (κ3) is 2.26. The van der Waals surface area contributed by atoms with E-state index in [4.69, 9.17) is 14.2 Å². The lowest BCUT2D eigenvalue weighted by atomic mass is 9.84. The Morgan fingerprint density at radius 1 is 1.04 bits per heavy atom. The van der Waals surface area contributed by atoms with Gasteiger partial charge in [-0.05, 0) is 35.8 Å². The van der Waals surface area contributed by atoms with Gasteiger partial charge in [0.15, 0.2) is 5.60 Å². The predicted molar refractivity (Wildman–Crippen MR) is 97.0 cm³/mol. The Labute approximate surface area is 158 Å². The molecule has 0 bridgehead atoms. The first-order chi connectivity index (χ1) is 13.2. The summed E-state index contributed by atoms with van der Waals surface area (Å²) in [6, 6.07) is 9.05. The van der Waals surface area contributed by atoms with Gasteiger partial charge in [-0.2, -0.15) is 4.99 Å². The molecule has 1 aromatic rings. The number of ether oxygens (including phenoxy) is 3. The van der Waals surface area contributed by atoms with Crippen molar-refractivity contribution in [3.63, 3.8) is 0 Å². The molecule has 27 heavy (non-hydrogen) atoms. The van der Waals surface area contributed by atoms with E-state index < -0.39 is 5.60 Å². The van der Waals surface area contributed by atoms with Crippen molar-refractivity contribution in [2.45, 2.75) is 43.5 Å². The van der Waals surface area contributed by atoms with Crippen LogP contribution in [-0.2, 0) is 31.2 Å². The molecule has 2 saturated heterocycles. The zero-order valence-corrected chi connectivity index (χ0v) is 15.4. The first-order valence-electron chi connectivity index (χ1n) is 10.0. The van der Waals surface area contributed by atoms with Crippen LogP contribution in [0.2, 0.25) is 0 Å². The lowest BCUT2D eigenvalue weighted by Gasteiger charge is -2.39. The van der Waals surface area contributed by atoms with Crippen LogP contribution < -0.4 is 0 Å². The standard InChI is InChI=1S/C21H24N2O4/c24-18-21(9-15-11-25-12-16(15)10-21)27-19(22-18)23-7-5-20(6-8-23)17-4-2-1-3-14(17)13-26-20/h1-4,15-16H,5-13H2. The Morgan fingerprint density at radius 3 is 2.56 bits per heavy atom. The van der Waals surface area contributed by atoms with Crippen LogP contribution in [0.5, 0.6) is 0 Å². The fourth-order valence-corrected chi connectivity index (χ4v) is 5.70. The van der Waals surface area contributed by atoms with Crippen molar-refractivity contribution in [1.29, 1.82) is 0 Å². The number of carbonyl (C=O) groups excluding carboxylic acids is 1. The molecule has 6 heteroatoms. The molecule has 4 heterocycles. The molecule has 6 nitrogen and oxygen atoms in total. The van der Waals surface area contributed by atoms with Crippen LogP contribution in [0.25, 0.3) is 0 Å². The second-order valence-electron chi connectivity index (χ2n) is 8.69. The quantitative estimate of drug-likeness (QED) is 0.703. The highest BCUT2D eigenvalue weighted by Crippen LogP contribution is 2.49. The molecule has 2 atom stereocenters. The molecule has 1 aliphatic carbocycles. The maximum atomic E-state index is 12.7. The summed E-state index contributed by atoms with van der Waals surface area (Å²) in [6.07, 6.45) is 3.29. The summed E-state index contributed by atoms with van der Waals surface area (Å²) < 4.78 is 18.0. The molecule has 1 saturated carbocycles. The fraction of sp³-hybridized carbons (Fsp3) is 0.619. The zero-order chi connectivity index (χ0) is 18.1. The molecule has 0 aromatic heterocycles. The molecule has 2 unspecified atom stereocenters. The smallest absolute Gasteiger partial charge is 0.296 e. The van der Waals surface area contributed by atoms with E-state index in [0.717, 1.165) is 52.0 Å². The number of carbonyl (C=O) groups is 1. The topological polar surface area (TPSA) is 60.4 Å². The van der Waals surface area contributed by atoms with Crippen molar-refractivity contribution in [3.05, 3.63) is 35.4 Å². The third-order valence-electron chi connectivity index (χ3n) is 7.24. The van der Waals surface area contributed by atoms with E-state index in [0.29, 0.717) is 24.5 Å². The molecule has 3 fully saturated rings. The summed E-state index contributed by atoms with van der Waals surface area (Å²) in [5.74, 6) is 0.794. The normalized spacial score (nSPS) is 36.2. The fourth-order valence-electron chi connectivity index (χ4n) is 5.70. The zero-order valence-electron chi connectivity index (χ0n) is 15.4. The molecule has 0 N–H and O–H groups in total. The number of benzene rings is 1. The summed E-state index contributed by atoms with van der Waals surface area (Å²) in [6.45, 7) is 3.79. The number of amidine groups is 1. The van der Waals surface area contributed by atoms with Gasteiger partial charge in [-0.25, -0.2) is 0 Å².